The predicted molar refractivity (Wildman–Crippen MR) is 128 cm³/mol. The van der Waals surface area contributed by atoms with E-state index >= 15 is 0 Å². The Hall–Kier alpha value is -3.03. The minimum absolute atomic E-state index is 0.0350. The maximum Gasteiger partial charge on any atom is 0.262 e. The van der Waals surface area contributed by atoms with Crippen molar-refractivity contribution in [3.63, 3.8) is 0 Å². The quantitative estimate of drug-likeness (QED) is 0.258. The second kappa shape index (κ2) is 10.3. The van der Waals surface area contributed by atoms with Crippen LogP contribution in [-0.4, -0.2) is 29.9 Å². The molecule has 0 aliphatic heterocycles. The summed E-state index contributed by atoms with van der Waals surface area (Å²) in [5.74, 6) is 2.21. The van der Waals surface area contributed by atoms with Crippen LogP contribution in [0.5, 0.6) is 11.5 Å². The molecule has 0 unspecified atom stereocenters. The van der Waals surface area contributed by atoms with Crippen molar-refractivity contribution < 1.29 is 14.3 Å². The summed E-state index contributed by atoms with van der Waals surface area (Å²) in [6.07, 6.45) is 0. The van der Waals surface area contributed by atoms with E-state index in [1.165, 1.54) is 0 Å². The summed E-state index contributed by atoms with van der Waals surface area (Å²) < 4.78 is 13.4. The molecule has 4 rings (SSSR count). The van der Waals surface area contributed by atoms with Gasteiger partial charge in [-0.25, -0.2) is 4.98 Å². The zero-order chi connectivity index (χ0) is 21.5. The highest BCUT2D eigenvalue weighted by atomic mass is 32.2. The van der Waals surface area contributed by atoms with Crippen LogP contribution in [0, 0.1) is 6.92 Å². The van der Waals surface area contributed by atoms with Gasteiger partial charge in [0.1, 0.15) is 11.5 Å². The molecular formula is C24H22N2O3S2. The molecule has 4 aromatic rings. The highest BCUT2D eigenvalue weighted by Gasteiger charge is 2.08. The Labute approximate surface area is 189 Å². The van der Waals surface area contributed by atoms with Gasteiger partial charge in [-0.05, 0) is 48.9 Å². The highest BCUT2D eigenvalue weighted by molar-refractivity contribution is 8.01. The van der Waals surface area contributed by atoms with Gasteiger partial charge in [0.25, 0.3) is 5.91 Å². The van der Waals surface area contributed by atoms with Crippen LogP contribution in [0.3, 0.4) is 0 Å². The van der Waals surface area contributed by atoms with Gasteiger partial charge in [-0.1, -0.05) is 48.2 Å². The van der Waals surface area contributed by atoms with Crippen molar-refractivity contribution in [3.8, 4) is 11.5 Å². The number of aryl methyl sites for hydroxylation is 1. The van der Waals surface area contributed by atoms with E-state index in [2.05, 4.69) is 10.3 Å². The molecule has 0 radical (unpaired) electrons. The van der Waals surface area contributed by atoms with Crippen molar-refractivity contribution >= 4 is 44.9 Å². The summed E-state index contributed by atoms with van der Waals surface area (Å²) in [6, 6.07) is 23.0. The van der Waals surface area contributed by atoms with E-state index in [1.54, 1.807) is 23.1 Å². The van der Waals surface area contributed by atoms with Crippen LogP contribution in [0.1, 0.15) is 5.56 Å². The minimum Gasteiger partial charge on any atom is -0.492 e. The monoisotopic (exact) mass is 450 g/mol. The smallest absolute Gasteiger partial charge is 0.262 e. The Morgan fingerprint density at radius 3 is 2.68 bits per heavy atom. The summed E-state index contributed by atoms with van der Waals surface area (Å²) in [4.78, 5) is 16.8. The lowest BCUT2D eigenvalue weighted by Crippen LogP contribution is -2.20. The molecule has 0 aliphatic carbocycles. The number of anilines is 1. The molecule has 0 spiro atoms. The average Bonchev–Trinajstić information content (AvgIpc) is 3.19. The molecule has 3 aromatic carbocycles. The fourth-order valence-electron chi connectivity index (χ4n) is 2.90. The maximum atomic E-state index is 12.2. The maximum absolute atomic E-state index is 12.2. The summed E-state index contributed by atoms with van der Waals surface area (Å²) in [6.45, 7) is 2.63. The Morgan fingerprint density at radius 1 is 1.03 bits per heavy atom. The predicted octanol–water partition coefficient (Wildman–Crippen LogP) is 5.79. The van der Waals surface area contributed by atoms with Crippen molar-refractivity contribution in [2.24, 2.45) is 0 Å². The third-order valence-electron chi connectivity index (χ3n) is 4.43. The number of aromatic nitrogens is 1. The second-order valence-electron chi connectivity index (χ2n) is 6.77. The fraction of sp³-hybridized carbons (Fsp3) is 0.167. The zero-order valence-corrected chi connectivity index (χ0v) is 18.7. The normalized spacial score (nSPS) is 10.7. The Balaban J connectivity index is 1.28. The van der Waals surface area contributed by atoms with Crippen LogP contribution in [-0.2, 0) is 4.79 Å². The molecule has 0 saturated carbocycles. The first kappa shape index (κ1) is 21.2. The zero-order valence-electron chi connectivity index (χ0n) is 17.0. The van der Waals surface area contributed by atoms with Gasteiger partial charge < -0.3 is 14.8 Å². The Kier molecular flexibility index (Phi) is 7.07. The van der Waals surface area contributed by atoms with Crippen LogP contribution in [0.2, 0.25) is 0 Å². The number of ether oxygens (including phenoxy) is 2. The molecule has 31 heavy (non-hydrogen) atoms. The number of hydrogen-bond donors (Lipinski definition) is 1. The number of carbonyl (C=O) groups is 1. The first-order chi connectivity index (χ1) is 15.2. The van der Waals surface area contributed by atoms with E-state index in [0.29, 0.717) is 12.4 Å². The number of nitrogens with one attached hydrogen (secondary N) is 1. The number of nitrogens with zero attached hydrogens (tertiary/aromatic N) is 1. The largest absolute Gasteiger partial charge is 0.492 e. The van der Waals surface area contributed by atoms with Gasteiger partial charge in [-0.3, -0.25) is 4.79 Å². The summed E-state index contributed by atoms with van der Waals surface area (Å²) in [5.41, 5.74) is 2.79. The van der Waals surface area contributed by atoms with Gasteiger partial charge in [0, 0.05) is 11.4 Å². The van der Waals surface area contributed by atoms with Gasteiger partial charge in [-0.15, -0.1) is 11.3 Å². The molecule has 7 heteroatoms. The van der Waals surface area contributed by atoms with E-state index in [1.807, 2.05) is 79.7 Å². The van der Waals surface area contributed by atoms with Crippen LogP contribution < -0.4 is 14.8 Å². The van der Waals surface area contributed by atoms with E-state index in [4.69, 9.17) is 9.47 Å². The molecule has 0 fully saturated rings. The lowest BCUT2D eigenvalue weighted by molar-refractivity contribution is -0.118. The minimum atomic E-state index is -0.198. The van der Waals surface area contributed by atoms with E-state index in [9.17, 15) is 4.79 Å². The number of para-hydroxylation sites is 2. The molecule has 0 saturated heterocycles. The van der Waals surface area contributed by atoms with Gasteiger partial charge in [-0.2, -0.15) is 0 Å². The Morgan fingerprint density at radius 2 is 1.84 bits per heavy atom. The van der Waals surface area contributed by atoms with E-state index < -0.39 is 0 Å². The van der Waals surface area contributed by atoms with Crippen molar-refractivity contribution in [2.75, 3.05) is 24.3 Å². The molecule has 158 valence electrons. The number of thiazole rings is 1. The van der Waals surface area contributed by atoms with Crippen LogP contribution in [0.25, 0.3) is 10.2 Å². The van der Waals surface area contributed by atoms with Crippen LogP contribution in [0.15, 0.2) is 77.1 Å². The highest BCUT2D eigenvalue weighted by Crippen LogP contribution is 2.31. The second-order valence-corrected chi connectivity index (χ2v) is 9.15. The number of hydrogen-bond acceptors (Lipinski definition) is 6. The van der Waals surface area contributed by atoms with Crippen molar-refractivity contribution in [1.29, 1.82) is 0 Å². The first-order valence-corrected chi connectivity index (χ1v) is 11.7. The lowest BCUT2D eigenvalue weighted by Gasteiger charge is -2.07. The third kappa shape index (κ3) is 5.99. The standard InChI is InChI=1S/C24H22N2O3S2/c1-17-7-5-6-10-21(17)28-13-14-30-24-26-20-12-11-18(15-22(20)31-24)25-23(27)16-29-19-8-3-2-4-9-19/h2-12,15H,13-14,16H2,1H3,(H,25,27). The number of rotatable bonds is 9. The molecule has 1 heterocycles. The van der Waals surface area contributed by atoms with Crippen LogP contribution >= 0.6 is 23.1 Å². The molecule has 1 N–H and O–H groups in total. The van der Waals surface area contributed by atoms with Crippen molar-refractivity contribution in [2.45, 2.75) is 11.3 Å². The molecule has 0 aliphatic rings. The van der Waals surface area contributed by atoms with E-state index in [-0.39, 0.29) is 12.5 Å². The topological polar surface area (TPSA) is 60.5 Å². The first-order valence-electron chi connectivity index (χ1n) is 9.87. The van der Waals surface area contributed by atoms with Crippen LogP contribution in [0.4, 0.5) is 5.69 Å². The van der Waals surface area contributed by atoms with Gasteiger partial charge in [0.05, 0.1) is 16.8 Å². The molecule has 1 aromatic heterocycles. The molecule has 0 atom stereocenters. The Bertz CT molecular complexity index is 1160. The SMILES string of the molecule is Cc1ccccc1OCCSc1nc2ccc(NC(=O)COc3ccccc3)cc2s1. The lowest BCUT2D eigenvalue weighted by atomic mass is 10.2. The van der Waals surface area contributed by atoms with Crippen molar-refractivity contribution in [1.82, 2.24) is 4.98 Å². The van der Waals surface area contributed by atoms with E-state index in [0.717, 1.165) is 37.3 Å². The summed E-state index contributed by atoms with van der Waals surface area (Å²) in [5, 5.41) is 2.88. The van der Waals surface area contributed by atoms with Gasteiger partial charge in [0.15, 0.2) is 10.9 Å². The molecule has 5 nitrogen and oxygen atoms in total. The molecular weight excluding hydrogens is 428 g/mol. The summed E-state index contributed by atoms with van der Waals surface area (Å²) >= 11 is 3.28. The molecule has 0 bridgehead atoms. The van der Waals surface area contributed by atoms with Crippen molar-refractivity contribution in [3.05, 3.63) is 78.4 Å². The average molecular weight is 451 g/mol. The van der Waals surface area contributed by atoms with Gasteiger partial charge in [0.2, 0.25) is 0 Å². The third-order valence-corrected chi connectivity index (χ3v) is 6.55. The number of amides is 1. The molecule has 1 amide bonds. The number of fused-ring (bicyclic) bond motifs is 1. The fourth-order valence-corrected chi connectivity index (χ4v) is 4.90. The summed E-state index contributed by atoms with van der Waals surface area (Å²) in [7, 11) is 0. The van der Waals surface area contributed by atoms with Gasteiger partial charge >= 0.3 is 0 Å². The number of thioether (sulfide) groups is 1. The number of carbonyl (C=O) groups excluding carboxylic acids is 1. The number of benzene rings is 3.